The number of fused-ring (bicyclic) bond motifs is 2. The Morgan fingerprint density at radius 3 is 2.40 bits per heavy atom. The first-order valence-electron chi connectivity index (χ1n) is 11.8. The van der Waals surface area contributed by atoms with Crippen LogP contribution >= 0.6 is 11.8 Å². The SMILES string of the molecule is CCCN1c2ccc(OCC)cc2Sc2ccc(C(=O)NCc3ccc(S(=O)(=O)CC)cc3)cc21. The lowest BCUT2D eigenvalue weighted by atomic mass is 10.1. The average Bonchev–Trinajstić information content (AvgIpc) is 2.87. The van der Waals surface area contributed by atoms with Gasteiger partial charge in [0.25, 0.3) is 5.91 Å². The van der Waals surface area contributed by atoms with Crippen LogP contribution in [0.2, 0.25) is 0 Å². The summed E-state index contributed by atoms with van der Waals surface area (Å²) in [6.45, 7) is 7.52. The average molecular weight is 511 g/mol. The molecule has 0 spiro atoms. The molecule has 0 radical (unpaired) electrons. The number of anilines is 2. The lowest BCUT2D eigenvalue weighted by molar-refractivity contribution is 0.0951. The molecule has 1 N–H and O–H groups in total. The lowest BCUT2D eigenvalue weighted by Crippen LogP contribution is -2.25. The standard InChI is InChI=1S/C27H30N2O4S2/c1-4-15-29-23-13-10-21(33-5-2)17-26(23)34-25-14-9-20(16-24(25)29)27(30)28-18-19-7-11-22(12-8-19)35(31,32)6-3/h7-14,16-17H,4-6,15,18H2,1-3H3,(H,28,30). The van der Waals surface area contributed by atoms with Crippen molar-refractivity contribution in [2.75, 3.05) is 23.8 Å². The number of benzene rings is 3. The van der Waals surface area contributed by atoms with Gasteiger partial charge < -0.3 is 15.0 Å². The van der Waals surface area contributed by atoms with Crippen LogP contribution in [0.15, 0.2) is 75.4 Å². The highest BCUT2D eigenvalue weighted by Gasteiger charge is 2.24. The predicted octanol–water partition coefficient (Wildman–Crippen LogP) is 5.82. The highest BCUT2D eigenvalue weighted by molar-refractivity contribution is 7.99. The number of carbonyl (C=O) groups excluding carboxylic acids is 1. The molecule has 4 rings (SSSR count). The molecule has 8 heteroatoms. The summed E-state index contributed by atoms with van der Waals surface area (Å²) in [5, 5.41) is 2.95. The van der Waals surface area contributed by atoms with Crippen molar-refractivity contribution in [2.45, 2.75) is 48.4 Å². The minimum atomic E-state index is -3.24. The van der Waals surface area contributed by atoms with Gasteiger partial charge in [-0.1, -0.05) is 37.7 Å². The van der Waals surface area contributed by atoms with Gasteiger partial charge in [0.15, 0.2) is 9.84 Å². The Balaban J connectivity index is 1.52. The fourth-order valence-corrected chi connectivity index (χ4v) is 5.98. The highest BCUT2D eigenvalue weighted by atomic mass is 32.2. The first-order chi connectivity index (χ1) is 16.9. The van der Waals surface area contributed by atoms with E-state index in [1.807, 2.05) is 31.2 Å². The van der Waals surface area contributed by atoms with Gasteiger partial charge in [-0.3, -0.25) is 4.79 Å². The topological polar surface area (TPSA) is 75.7 Å². The molecule has 1 aliphatic rings. The molecular weight excluding hydrogens is 480 g/mol. The van der Waals surface area contributed by atoms with E-state index in [1.165, 1.54) is 0 Å². The van der Waals surface area contributed by atoms with Crippen molar-refractivity contribution in [2.24, 2.45) is 0 Å². The highest BCUT2D eigenvalue weighted by Crippen LogP contribution is 2.49. The zero-order valence-corrected chi connectivity index (χ0v) is 21.8. The van der Waals surface area contributed by atoms with E-state index in [0.29, 0.717) is 23.6 Å². The van der Waals surface area contributed by atoms with Crippen LogP contribution in [0.1, 0.15) is 43.1 Å². The number of amides is 1. The molecule has 1 heterocycles. The Morgan fingerprint density at radius 1 is 0.943 bits per heavy atom. The molecule has 3 aromatic carbocycles. The van der Waals surface area contributed by atoms with Crippen molar-refractivity contribution in [1.82, 2.24) is 5.32 Å². The molecule has 0 fully saturated rings. The van der Waals surface area contributed by atoms with Crippen molar-refractivity contribution >= 4 is 38.9 Å². The molecule has 6 nitrogen and oxygen atoms in total. The summed E-state index contributed by atoms with van der Waals surface area (Å²) in [5.41, 5.74) is 3.57. The summed E-state index contributed by atoms with van der Waals surface area (Å²) in [4.78, 5) is 17.8. The zero-order chi connectivity index (χ0) is 25.0. The third-order valence-electron chi connectivity index (χ3n) is 5.83. The number of rotatable bonds is 9. The number of hydrogen-bond donors (Lipinski definition) is 1. The largest absolute Gasteiger partial charge is 0.494 e. The van der Waals surface area contributed by atoms with Crippen LogP contribution in [0, 0.1) is 0 Å². The van der Waals surface area contributed by atoms with Crippen molar-refractivity contribution < 1.29 is 17.9 Å². The summed E-state index contributed by atoms with van der Waals surface area (Å²) in [7, 11) is -3.24. The molecule has 0 atom stereocenters. The monoisotopic (exact) mass is 510 g/mol. The van der Waals surface area contributed by atoms with E-state index in [2.05, 4.69) is 29.3 Å². The van der Waals surface area contributed by atoms with Gasteiger partial charge in [0.1, 0.15) is 5.75 Å². The van der Waals surface area contributed by atoms with Gasteiger partial charge >= 0.3 is 0 Å². The number of sulfone groups is 1. The molecule has 0 unspecified atom stereocenters. The minimum Gasteiger partial charge on any atom is -0.494 e. The fraction of sp³-hybridized carbons (Fsp3) is 0.296. The van der Waals surface area contributed by atoms with E-state index in [1.54, 1.807) is 43.0 Å². The molecule has 0 aromatic heterocycles. The Morgan fingerprint density at radius 2 is 1.71 bits per heavy atom. The smallest absolute Gasteiger partial charge is 0.251 e. The molecule has 0 aliphatic carbocycles. The van der Waals surface area contributed by atoms with Crippen molar-refractivity contribution in [3.8, 4) is 5.75 Å². The second-order valence-corrected chi connectivity index (χ2v) is 11.6. The third-order valence-corrected chi connectivity index (χ3v) is 8.69. The molecule has 1 aliphatic heterocycles. The minimum absolute atomic E-state index is 0.0624. The molecule has 3 aromatic rings. The normalized spacial score (nSPS) is 12.6. The van der Waals surface area contributed by atoms with Crippen LogP contribution < -0.4 is 15.0 Å². The summed E-state index contributed by atoms with van der Waals surface area (Å²) in [6.07, 6.45) is 0.969. The maximum atomic E-state index is 13.0. The molecule has 35 heavy (non-hydrogen) atoms. The van der Waals surface area contributed by atoms with Gasteiger partial charge in [-0.15, -0.1) is 0 Å². The van der Waals surface area contributed by atoms with Crippen molar-refractivity contribution in [3.63, 3.8) is 0 Å². The second kappa shape index (κ2) is 10.7. The molecule has 0 bridgehead atoms. The van der Waals surface area contributed by atoms with Gasteiger partial charge in [0, 0.05) is 28.4 Å². The fourth-order valence-electron chi connectivity index (χ4n) is 3.99. The summed E-state index contributed by atoms with van der Waals surface area (Å²) in [5.74, 6) is 0.749. The summed E-state index contributed by atoms with van der Waals surface area (Å²) >= 11 is 1.69. The first kappa shape index (κ1) is 25.1. The molecule has 184 valence electrons. The number of ether oxygens (including phenoxy) is 1. The molecule has 1 amide bonds. The quantitative estimate of drug-likeness (QED) is 0.391. The van der Waals surface area contributed by atoms with Gasteiger partial charge in [0.05, 0.1) is 28.6 Å². The van der Waals surface area contributed by atoms with E-state index in [-0.39, 0.29) is 11.7 Å². The van der Waals surface area contributed by atoms with E-state index in [0.717, 1.165) is 45.4 Å². The second-order valence-electron chi connectivity index (χ2n) is 8.23. The van der Waals surface area contributed by atoms with Crippen molar-refractivity contribution in [1.29, 1.82) is 0 Å². The number of carbonyl (C=O) groups is 1. The third kappa shape index (κ3) is 5.49. The van der Waals surface area contributed by atoms with Crippen LogP contribution in [0.4, 0.5) is 11.4 Å². The Bertz CT molecular complexity index is 1320. The van der Waals surface area contributed by atoms with Crippen LogP contribution in [0.5, 0.6) is 5.75 Å². The maximum Gasteiger partial charge on any atom is 0.251 e. The number of nitrogens with one attached hydrogen (secondary N) is 1. The molecule has 0 saturated heterocycles. The van der Waals surface area contributed by atoms with Crippen LogP contribution in [-0.4, -0.2) is 33.2 Å². The predicted molar refractivity (Wildman–Crippen MR) is 141 cm³/mol. The maximum absolute atomic E-state index is 13.0. The Kier molecular flexibility index (Phi) is 7.72. The van der Waals surface area contributed by atoms with Crippen LogP contribution in [0.3, 0.4) is 0 Å². The van der Waals surface area contributed by atoms with E-state index >= 15 is 0 Å². The summed E-state index contributed by atoms with van der Waals surface area (Å²) in [6, 6.07) is 18.6. The number of nitrogens with zero attached hydrogens (tertiary/aromatic N) is 1. The molecule has 0 saturated carbocycles. The van der Waals surface area contributed by atoms with Crippen LogP contribution in [-0.2, 0) is 16.4 Å². The van der Waals surface area contributed by atoms with E-state index in [9.17, 15) is 13.2 Å². The van der Waals surface area contributed by atoms with E-state index < -0.39 is 9.84 Å². The summed E-state index contributed by atoms with van der Waals surface area (Å²) < 4.78 is 29.7. The van der Waals surface area contributed by atoms with Crippen molar-refractivity contribution in [3.05, 3.63) is 71.8 Å². The Hall–Kier alpha value is -2.97. The zero-order valence-electron chi connectivity index (χ0n) is 20.2. The van der Waals surface area contributed by atoms with Gasteiger partial charge in [-0.2, -0.15) is 0 Å². The van der Waals surface area contributed by atoms with E-state index in [4.69, 9.17) is 4.74 Å². The van der Waals surface area contributed by atoms with Gasteiger partial charge in [0.2, 0.25) is 0 Å². The van der Waals surface area contributed by atoms with Gasteiger partial charge in [-0.05, 0) is 67.4 Å². The first-order valence-corrected chi connectivity index (χ1v) is 14.3. The lowest BCUT2D eigenvalue weighted by Gasteiger charge is -2.33. The van der Waals surface area contributed by atoms with Crippen LogP contribution in [0.25, 0.3) is 0 Å². The van der Waals surface area contributed by atoms with Gasteiger partial charge in [-0.25, -0.2) is 8.42 Å². The molecular formula is C27H30N2O4S2. The Labute approximate surface area is 211 Å². The number of hydrogen-bond acceptors (Lipinski definition) is 6.